The van der Waals surface area contributed by atoms with E-state index < -0.39 is 0 Å². The first-order valence-electron chi connectivity index (χ1n) is 5.53. The summed E-state index contributed by atoms with van der Waals surface area (Å²) in [7, 11) is 0. The van der Waals surface area contributed by atoms with E-state index in [1.54, 1.807) is 36.0 Å². The van der Waals surface area contributed by atoms with Crippen molar-refractivity contribution in [3.05, 3.63) is 59.7 Å². The van der Waals surface area contributed by atoms with Gasteiger partial charge in [0.1, 0.15) is 5.82 Å². The molecule has 0 bridgehead atoms. The van der Waals surface area contributed by atoms with Crippen LogP contribution in [0.1, 0.15) is 16.1 Å². The molecule has 0 radical (unpaired) electrons. The first kappa shape index (κ1) is 13.5. The first-order chi connectivity index (χ1) is 9.19. The van der Waals surface area contributed by atoms with Gasteiger partial charge in [-0.05, 0) is 36.4 Å². The number of nitrogens with one attached hydrogen (secondary N) is 1. The molecule has 0 aliphatic heterocycles. The molecular formula is C13H12FN3OS. The topological polar surface area (TPSA) is 68.0 Å². The number of hydrogen-bond acceptors (Lipinski definition) is 4. The van der Waals surface area contributed by atoms with Gasteiger partial charge < -0.3 is 0 Å². The van der Waals surface area contributed by atoms with E-state index in [9.17, 15) is 9.18 Å². The molecule has 0 saturated carbocycles. The van der Waals surface area contributed by atoms with Crippen LogP contribution < -0.4 is 11.3 Å². The van der Waals surface area contributed by atoms with Gasteiger partial charge in [0, 0.05) is 16.8 Å². The quantitative estimate of drug-likeness (QED) is 0.389. The predicted octanol–water partition coefficient (Wildman–Crippen LogP) is 2.12. The van der Waals surface area contributed by atoms with E-state index >= 15 is 0 Å². The lowest BCUT2D eigenvalue weighted by molar-refractivity contribution is 0.0953. The van der Waals surface area contributed by atoms with Crippen LogP contribution in [0.25, 0.3) is 0 Å². The van der Waals surface area contributed by atoms with Gasteiger partial charge in [-0.1, -0.05) is 0 Å². The number of benzene rings is 1. The van der Waals surface area contributed by atoms with Crippen molar-refractivity contribution in [2.24, 2.45) is 5.84 Å². The Balaban J connectivity index is 1.96. The van der Waals surface area contributed by atoms with Gasteiger partial charge in [0.25, 0.3) is 5.91 Å². The van der Waals surface area contributed by atoms with Crippen LogP contribution in [-0.2, 0) is 5.75 Å². The standard InChI is InChI=1S/C13H12FN3OS/c14-10-2-5-12(6-3-10)19-8-11-4-1-9(7-16-11)13(18)17-15/h1-7H,8,15H2,(H,17,18). The van der Waals surface area contributed by atoms with Gasteiger partial charge in [-0.2, -0.15) is 0 Å². The van der Waals surface area contributed by atoms with Crippen molar-refractivity contribution in [3.8, 4) is 0 Å². The third kappa shape index (κ3) is 3.77. The fourth-order valence-electron chi connectivity index (χ4n) is 1.42. The molecule has 4 nitrogen and oxygen atoms in total. The lowest BCUT2D eigenvalue weighted by Crippen LogP contribution is -2.30. The fourth-order valence-corrected chi connectivity index (χ4v) is 2.23. The molecule has 2 rings (SSSR count). The second-order valence-electron chi connectivity index (χ2n) is 3.75. The summed E-state index contributed by atoms with van der Waals surface area (Å²) in [5.41, 5.74) is 3.30. The number of hydrogen-bond donors (Lipinski definition) is 2. The molecule has 1 heterocycles. The van der Waals surface area contributed by atoms with Crippen molar-refractivity contribution in [1.29, 1.82) is 0 Å². The zero-order chi connectivity index (χ0) is 13.7. The highest BCUT2D eigenvalue weighted by Crippen LogP contribution is 2.21. The number of carbonyl (C=O) groups excluding carboxylic acids is 1. The minimum absolute atomic E-state index is 0.250. The number of carbonyl (C=O) groups is 1. The number of amides is 1. The fraction of sp³-hybridized carbons (Fsp3) is 0.0769. The molecule has 0 aliphatic rings. The zero-order valence-corrected chi connectivity index (χ0v) is 10.8. The van der Waals surface area contributed by atoms with Crippen LogP contribution >= 0.6 is 11.8 Å². The van der Waals surface area contributed by atoms with Crippen LogP contribution in [0.3, 0.4) is 0 Å². The average Bonchev–Trinajstić information content (AvgIpc) is 2.46. The number of pyridine rings is 1. The number of aromatic nitrogens is 1. The monoisotopic (exact) mass is 277 g/mol. The summed E-state index contributed by atoms with van der Waals surface area (Å²) < 4.78 is 12.7. The molecule has 0 atom stereocenters. The summed E-state index contributed by atoms with van der Waals surface area (Å²) in [4.78, 5) is 16.4. The smallest absolute Gasteiger partial charge is 0.266 e. The summed E-state index contributed by atoms with van der Waals surface area (Å²) in [6, 6.07) is 9.71. The molecule has 0 saturated heterocycles. The van der Waals surface area contributed by atoms with Crippen molar-refractivity contribution in [3.63, 3.8) is 0 Å². The lowest BCUT2D eigenvalue weighted by Gasteiger charge is -2.03. The van der Waals surface area contributed by atoms with Crippen molar-refractivity contribution < 1.29 is 9.18 Å². The second kappa shape index (κ2) is 6.31. The van der Waals surface area contributed by atoms with E-state index in [4.69, 9.17) is 5.84 Å². The summed E-state index contributed by atoms with van der Waals surface area (Å²) in [5.74, 6) is 5.06. The molecule has 1 aromatic heterocycles. The molecule has 6 heteroatoms. The largest absolute Gasteiger partial charge is 0.290 e. The average molecular weight is 277 g/mol. The van der Waals surface area contributed by atoms with Crippen LogP contribution in [0.2, 0.25) is 0 Å². The van der Waals surface area contributed by atoms with Gasteiger partial charge in [-0.15, -0.1) is 11.8 Å². The molecule has 1 aromatic carbocycles. The highest BCUT2D eigenvalue weighted by molar-refractivity contribution is 7.98. The Morgan fingerprint density at radius 1 is 1.26 bits per heavy atom. The maximum absolute atomic E-state index is 12.7. The van der Waals surface area contributed by atoms with E-state index in [0.29, 0.717) is 11.3 Å². The summed E-state index contributed by atoms with van der Waals surface area (Å²) >= 11 is 1.55. The van der Waals surface area contributed by atoms with Gasteiger partial charge in [0.2, 0.25) is 0 Å². The Kier molecular flexibility index (Phi) is 4.48. The number of nitrogens with two attached hydrogens (primary N) is 1. The molecule has 0 fully saturated rings. The number of hydrazine groups is 1. The van der Waals surface area contributed by atoms with Crippen molar-refractivity contribution in [1.82, 2.24) is 10.4 Å². The van der Waals surface area contributed by atoms with Crippen LogP contribution in [-0.4, -0.2) is 10.9 Å². The lowest BCUT2D eigenvalue weighted by atomic mass is 10.2. The molecule has 19 heavy (non-hydrogen) atoms. The second-order valence-corrected chi connectivity index (χ2v) is 4.80. The Morgan fingerprint density at radius 2 is 2.00 bits per heavy atom. The zero-order valence-electron chi connectivity index (χ0n) is 9.97. The van der Waals surface area contributed by atoms with Crippen LogP contribution in [0.15, 0.2) is 47.5 Å². The number of thioether (sulfide) groups is 1. The molecule has 2 aromatic rings. The summed E-state index contributed by atoms with van der Waals surface area (Å²) in [6.07, 6.45) is 1.47. The van der Waals surface area contributed by atoms with Crippen LogP contribution in [0, 0.1) is 5.82 Å². The third-order valence-corrected chi connectivity index (χ3v) is 3.46. The normalized spacial score (nSPS) is 10.2. The SMILES string of the molecule is NNC(=O)c1ccc(CSc2ccc(F)cc2)nc1. The van der Waals surface area contributed by atoms with E-state index in [2.05, 4.69) is 4.98 Å². The minimum Gasteiger partial charge on any atom is -0.290 e. The summed E-state index contributed by atoms with van der Waals surface area (Å²) in [6.45, 7) is 0. The van der Waals surface area contributed by atoms with E-state index in [-0.39, 0.29) is 11.7 Å². The Morgan fingerprint density at radius 3 is 2.58 bits per heavy atom. The maximum Gasteiger partial charge on any atom is 0.266 e. The van der Waals surface area contributed by atoms with Gasteiger partial charge in [-0.25, -0.2) is 10.2 Å². The number of halogens is 1. The van der Waals surface area contributed by atoms with Gasteiger partial charge in [0.05, 0.1) is 11.3 Å². The van der Waals surface area contributed by atoms with Crippen LogP contribution in [0.5, 0.6) is 0 Å². The van der Waals surface area contributed by atoms with Gasteiger partial charge >= 0.3 is 0 Å². The van der Waals surface area contributed by atoms with Crippen molar-refractivity contribution in [2.45, 2.75) is 10.6 Å². The van der Waals surface area contributed by atoms with Gasteiger partial charge in [0.15, 0.2) is 0 Å². The van der Waals surface area contributed by atoms with E-state index in [0.717, 1.165) is 10.6 Å². The molecule has 1 amide bonds. The molecule has 0 spiro atoms. The Labute approximate surface area is 114 Å². The molecule has 0 aliphatic carbocycles. The van der Waals surface area contributed by atoms with Crippen molar-refractivity contribution >= 4 is 17.7 Å². The molecular weight excluding hydrogens is 265 g/mol. The van der Waals surface area contributed by atoms with Gasteiger partial charge in [-0.3, -0.25) is 15.2 Å². The van der Waals surface area contributed by atoms with Crippen LogP contribution in [0.4, 0.5) is 4.39 Å². The Hall–Kier alpha value is -1.92. The number of nitrogen functional groups attached to an aromatic ring is 1. The summed E-state index contributed by atoms with van der Waals surface area (Å²) in [5, 5.41) is 0. The minimum atomic E-state index is -0.370. The number of nitrogens with zero attached hydrogens (tertiary/aromatic N) is 1. The Bertz CT molecular complexity index is 557. The molecule has 0 unspecified atom stereocenters. The number of rotatable bonds is 4. The molecule has 98 valence electrons. The highest BCUT2D eigenvalue weighted by atomic mass is 32.2. The van der Waals surface area contributed by atoms with E-state index in [1.165, 1.54) is 18.3 Å². The highest BCUT2D eigenvalue weighted by Gasteiger charge is 2.04. The van der Waals surface area contributed by atoms with Crippen molar-refractivity contribution in [2.75, 3.05) is 0 Å². The first-order valence-corrected chi connectivity index (χ1v) is 6.52. The predicted molar refractivity (Wildman–Crippen MR) is 71.9 cm³/mol. The maximum atomic E-state index is 12.7. The molecule has 3 N–H and O–H groups in total. The van der Waals surface area contributed by atoms with E-state index in [1.807, 2.05) is 5.43 Å². The third-order valence-electron chi connectivity index (χ3n) is 2.42.